The van der Waals surface area contributed by atoms with Gasteiger partial charge in [-0.15, -0.1) is 0 Å². The molecule has 2 aromatic rings. The highest BCUT2D eigenvalue weighted by Crippen LogP contribution is 2.23. The molecule has 0 aliphatic heterocycles. The summed E-state index contributed by atoms with van der Waals surface area (Å²) in [6.07, 6.45) is 0.835. The molecule has 2 N–H and O–H groups in total. The molecule has 0 radical (unpaired) electrons. The zero-order valence-corrected chi connectivity index (χ0v) is 14.2. The summed E-state index contributed by atoms with van der Waals surface area (Å²) in [4.78, 5) is 24.2. The van der Waals surface area contributed by atoms with Crippen LogP contribution in [0.2, 0.25) is 0 Å². The summed E-state index contributed by atoms with van der Waals surface area (Å²) in [6.45, 7) is 2.50. The zero-order chi connectivity index (χ0) is 16.7. The first-order valence-corrected chi connectivity index (χ1v) is 7.99. The van der Waals surface area contributed by atoms with Crippen LogP contribution in [0.3, 0.4) is 0 Å². The molecule has 0 heterocycles. The molecule has 0 unspecified atom stereocenters. The highest BCUT2D eigenvalue weighted by atomic mass is 79.9. The number of rotatable bonds is 5. The molecule has 2 rings (SSSR count). The van der Waals surface area contributed by atoms with Gasteiger partial charge in [0.2, 0.25) is 0 Å². The molecule has 120 valence electrons. The lowest BCUT2D eigenvalue weighted by Gasteiger charge is -2.12. The van der Waals surface area contributed by atoms with E-state index in [1.807, 2.05) is 13.0 Å². The summed E-state index contributed by atoms with van der Waals surface area (Å²) < 4.78 is 6.31. The lowest BCUT2D eigenvalue weighted by molar-refractivity contribution is 0.0844. The Bertz CT molecular complexity index is 689. The van der Waals surface area contributed by atoms with Gasteiger partial charge in [-0.3, -0.25) is 20.4 Å². The Kier molecular flexibility index (Phi) is 6.17. The van der Waals surface area contributed by atoms with E-state index in [9.17, 15) is 9.59 Å². The van der Waals surface area contributed by atoms with Crippen LogP contribution in [0.15, 0.2) is 53.0 Å². The summed E-state index contributed by atoms with van der Waals surface area (Å²) in [5.74, 6) is -0.354. The molecule has 5 nitrogen and oxygen atoms in total. The van der Waals surface area contributed by atoms with Gasteiger partial charge in [-0.1, -0.05) is 41.1 Å². The Morgan fingerprint density at radius 2 is 1.74 bits per heavy atom. The van der Waals surface area contributed by atoms with Crippen LogP contribution in [0.1, 0.15) is 34.1 Å². The SMILES string of the molecule is CCCOc1ccc(Br)cc1C(=O)NNC(=O)c1ccccc1. The minimum absolute atomic E-state index is 0.348. The van der Waals surface area contributed by atoms with Crippen molar-refractivity contribution < 1.29 is 14.3 Å². The molecular formula is C17H17BrN2O3. The van der Waals surface area contributed by atoms with Crippen molar-refractivity contribution in [1.29, 1.82) is 0 Å². The van der Waals surface area contributed by atoms with Gasteiger partial charge < -0.3 is 4.74 Å². The number of benzene rings is 2. The van der Waals surface area contributed by atoms with Crippen molar-refractivity contribution in [3.63, 3.8) is 0 Å². The predicted molar refractivity (Wildman–Crippen MR) is 91.3 cm³/mol. The normalized spacial score (nSPS) is 10.0. The fraction of sp³-hybridized carbons (Fsp3) is 0.176. The van der Waals surface area contributed by atoms with E-state index < -0.39 is 5.91 Å². The number of hydrogen-bond donors (Lipinski definition) is 2. The maximum absolute atomic E-state index is 12.3. The smallest absolute Gasteiger partial charge is 0.273 e. The fourth-order valence-electron chi connectivity index (χ4n) is 1.86. The summed E-state index contributed by atoms with van der Waals surface area (Å²) >= 11 is 3.33. The van der Waals surface area contributed by atoms with E-state index in [1.165, 1.54) is 0 Å². The number of hydrogen-bond acceptors (Lipinski definition) is 3. The molecule has 0 bridgehead atoms. The molecule has 6 heteroatoms. The summed E-state index contributed by atoms with van der Waals surface area (Å²) in [5.41, 5.74) is 5.60. The number of carbonyl (C=O) groups is 2. The van der Waals surface area contributed by atoms with Gasteiger partial charge in [-0.25, -0.2) is 0 Å². The van der Waals surface area contributed by atoms with Crippen molar-refractivity contribution in [2.75, 3.05) is 6.61 Å². The first kappa shape index (κ1) is 17.0. The molecule has 2 amide bonds. The van der Waals surface area contributed by atoms with Gasteiger partial charge in [0, 0.05) is 10.0 Å². The van der Waals surface area contributed by atoms with Crippen molar-refractivity contribution in [3.8, 4) is 5.75 Å². The van der Waals surface area contributed by atoms with E-state index in [0.717, 1.165) is 10.9 Å². The third-order valence-corrected chi connectivity index (χ3v) is 3.47. The Hall–Kier alpha value is -2.34. The van der Waals surface area contributed by atoms with Gasteiger partial charge in [0.05, 0.1) is 12.2 Å². The maximum atomic E-state index is 12.3. The van der Waals surface area contributed by atoms with Crippen molar-refractivity contribution in [3.05, 3.63) is 64.1 Å². The summed E-state index contributed by atoms with van der Waals surface area (Å²) in [5, 5.41) is 0. The van der Waals surface area contributed by atoms with Gasteiger partial charge in [-0.05, 0) is 36.8 Å². The quantitative estimate of drug-likeness (QED) is 0.786. The topological polar surface area (TPSA) is 67.4 Å². The number of amides is 2. The highest BCUT2D eigenvalue weighted by Gasteiger charge is 2.14. The first-order chi connectivity index (χ1) is 11.1. The maximum Gasteiger partial charge on any atom is 0.273 e. The van der Waals surface area contributed by atoms with Crippen LogP contribution >= 0.6 is 15.9 Å². The second-order valence-corrected chi connectivity index (χ2v) is 5.68. The van der Waals surface area contributed by atoms with E-state index >= 15 is 0 Å². The molecule has 0 aliphatic carbocycles. The Balaban J connectivity index is 2.05. The monoisotopic (exact) mass is 376 g/mol. The van der Waals surface area contributed by atoms with Gasteiger partial charge in [0.25, 0.3) is 11.8 Å². The van der Waals surface area contributed by atoms with E-state index in [-0.39, 0.29) is 5.91 Å². The molecule has 0 spiro atoms. The second-order valence-electron chi connectivity index (χ2n) is 4.76. The standard InChI is InChI=1S/C17H17BrN2O3/c1-2-10-23-15-9-8-13(18)11-14(15)17(22)20-19-16(21)12-6-4-3-5-7-12/h3-9,11H,2,10H2,1H3,(H,19,21)(H,20,22). The summed E-state index contributed by atoms with van der Waals surface area (Å²) in [6, 6.07) is 13.8. The molecule has 0 atom stereocenters. The first-order valence-electron chi connectivity index (χ1n) is 7.20. The largest absolute Gasteiger partial charge is 0.493 e. The van der Waals surface area contributed by atoms with Crippen molar-refractivity contribution in [2.24, 2.45) is 0 Å². The van der Waals surface area contributed by atoms with Gasteiger partial charge in [-0.2, -0.15) is 0 Å². The van der Waals surface area contributed by atoms with E-state index in [4.69, 9.17) is 4.74 Å². The highest BCUT2D eigenvalue weighted by molar-refractivity contribution is 9.10. The molecule has 0 saturated carbocycles. The number of hydrazine groups is 1. The number of halogens is 1. The Morgan fingerprint density at radius 3 is 2.43 bits per heavy atom. The van der Waals surface area contributed by atoms with Crippen molar-refractivity contribution in [1.82, 2.24) is 10.9 Å². The van der Waals surface area contributed by atoms with E-state index in [0.29, 0.717) is 23.5 Å². The lowest BCUT2D eigenvalue weighted by Crippen LogP contribution is -2.41. The van der Waals surface area contributed by atoms with Crippen LogP contribution in [0.5, 0.6) is 5.75 Å². The average molecular weight is 377 g/mol. The molecule has 0 saturated heterocycles. The zero-order valence-electron chi connectivity index (χ0n) is 12.6. The van der Waals surface area contributed by atoms with Crippen LogP contribution in [0.25, 0.3) is 0 Å². The van der Waals surface area contributed by atoms with Gasteiger partial charge in [0.15, 0.2) is 0 Å². The van der Waals surface area contributed by atoms with E-state index in [1.54, 1.807) is 42.5 Å². The average Bonchev–Trinajstić information content (AvgIpc) is 2.59. The molecule has 23 heavy (non-hydrogen) atoms. The Morgan fingerprint density at radius 1 is 1.04 bits per heavy atom. The molecule has 0 fully saturated rings. The van der Waals surface area contributed by atoms with Crippen LogP contribution in [0, 0.1) is 0 Å². The van der Waals surface area contributed by atoms with Gasteiger partial charge in [0.1, 0.15) is 5.75 Å². The molecule has 2 aromatic carbocycles. The number of ether oxygens (including phenoxy) is 1. The third-order valence-electron chi connectivity index (χ3n) is 2.97. The van der Waals surface area contributed by atoms with E-state index in [2.05, 4.69) is 26.8 Å². The molecule has 0 aliphatic rings. The van der Waals surface area contributed by atoms with Crippen LogP contribution in [-0.2, 0) is 0 Å². The molecule has 0 aromatic heterocycles. The second kappa shape index (κ2) is 8.33. The Labute approximate surface area is 143 Å². The minimum Gasteiger partial charge on any atom is -0.493 e. The number of carbonyl (C=O) groups excluding carboxylic acids is 2. The summed E-state index contributed by atoms with van der Waals surface area (Å²) in [7, 11) is 0. The minimum atomic E-state index is -0.443. The predicted octanol–water partition coefficient (Wildman–Crippen LogP) is 3.31. The van der Waals surface area contributed by atoms with Crippen LogP contribution < -0.4 is 15.6 Å². The van der Waals surface area contributed by atoms with Crippen LogP contribution in [0.4, 0.5) is 0 Å². The fourth-order valence-corrected chi connectivity index (χ4v) is 2.22. The molecular weight excluding hydrogens is 360 g/mol. The van der Waals surface area contributed by atoms with Crippen molar-refractivity contribution >= 4 is 27.7 Å². The van der Waals surface area contributed by atoms with Crippen LogP contribution in [-0.4, -0.2) is 18.4 Å². The number of nitrogens with one attached hydrogen (secondary N) is 2. The third kappa shape index (κ3) is 4.82. The lowest BCUT2D eigenvalue weighted by atomic mass is 10.2. The van der Waals surface area contributed by atoms with Gasteiger partial charge >= 0.3 is 0 Å². The van der Waals surface area contributed by atoms with Crippen molar-refractivity contribution in [2.45, 2.75) is 13.3 Å².